The second-order valence-electron chi connectivity index (χ2n) is 7.72. The van der Waals surface area contributed by atoms with Crippen molar-refractivity contribution in [1.29, 1.82) is 0 Å². The predicted octanol–water partition coefficient (Wildman–Crippen LogP) is 4.98. The van der Waals surface area contributed by atoms with Gasteiger partial charge in [-0.25, -0.2) is 4.79 Å². The fourth-order valence-corrected chi connectivity index (χ4v) is 3.56. The van der Waals surface area contributed by atoms with E-state index in [2.05, 4.69) is 85.6 Å². The summed E-state index contributed by atoms with van der Waals surface area (Å²) in [6.07, 6.45) is 4.36. The lowest BCUT2D eigenvalue weighted by Gasteiger charge is -2.34. The van der Waals surface area contributed by atoms with Gasteiger partial charge in [0.25, 0.3) is 0 Å². The molecule has 0 atom stereocenters. The molecule has 1 aliphatic heterocycles. The summed E-state index contributed by atoms with van der Waals surface area (Å²) in [7, 11) is 0. The Labute approximate surface area is 168 Å². The number of hydrogen-bond donors (Lipinski definition) is 1. The molecule has 1 N–H and O–H groups in total. The van der Waals surface area contributed by atoms with Crippen molar-refractivity contribution in [3.8, 4) is 0 Å². The molecule has 0 bridgehead atoms. The molecule has 0 spiro atoms. The average Bonchev–Trinajstić information content (AvgIpc) is 2.70. The van der Waals surface area contributed by atoms with Crippen LogP contribution in [0.2, 0.25) is 0 Å². The predicted molar refractivity (Wildman–Crippen MR) is 118 cm³/mol. The van der Waals surface area contributed by atoms with E-state index in [1.807, 2.05) is 11.0 Å². The molecule has 2 amide bonds. The quantitative estimate of drug-likeness (QED) is 0.797. The Bertz CT molecular complexity index is 806. The molecule has 0 aromatic heterocycles. The van der Waals surface area contributed by atoms with E-state index in [1.54, 1.807) is 0 Å². The maximum atomic E-state index is 12.8. The lowest BCUT2D eigenvalue weighted by Crippen LogP contribution is -2.50. The normalized spacial score (nSPS) is 15.4. The maximum Gasteiger partial charge on any atom is 0.321 e. The van der Waals surface area contributed by atoms with Crippen LogP contribution < -0.4 is 5.32 Å². The van der Waals surface area contributed by atoms with E-state index >= 15 is 0 Å². The van der Waals surface area contributed by atoms with Crippen LogP contribution in [0.25, 0.3) is 6.08 Å². The van der Waals surface area contributed by atoms with E-state index in [4.69, 9.17) is 0 Å². The summed E-state index contributed by atoms with van der Waals surface area (Å²) >= 11 is 0. The minimum absolute atomic E-state index is 0.00989. The standard InChI is InChI=1S/C24H31N3O/c1-19(2)22-13-7-9-20(3)23(22)25-24(28)27-17-15-26(16-18-27)14-8-12-21-10-5-4-6-11-21/h4-13,19H,14-18H2,1-3H3,(H,25,28). The summed E-state index contributed by atoms with van der Waals surface area (Å²) in [5, 5.41) is 3.16. The lowest BCUT2D eigenvalue weighted by molar-refractivity contribution is 0.156. The summed E-state index contributed by atoms with van der Waals surface area (Å²) in [6, 6.07) is 16.6. The van der Waals surface area contributed by atoms with Crippen LogP contribution in [0.1, 0.15) is 36.5 Å². The molecular weight excluding hydrogens is 346 g/mol. The molecule has 4 nitrogen and oxygen atoms in total. The number of anilines is 1. The molecule has 0 aliphatic carbocycles. The third kappa shape index (κ3) is 5.23. The molecule has 2 aromatic rings. The van der Waals surface area contributed by atoms with Crippen molar-refractivity contribution >= 4 is 17.8 Å². The highest BCUT2D eigenvalue weighted by molar-refractivity contribution is 5.91. The zero-order valence-electron chi connectivity index (χ0n) is 17.2. The largest absolute Gasteiger partial charge is 0.322 e. The van der Waals surface area contributed by atoms with Crippen LogP contribution >= 0.6 is 0 Å². The zero-order valence-corrected chi connectivity index (χ0v) is 17.2. The number of aryl methyl sites for hydroxylation is 1. The Balaban J connectivity index is 1.51. The highest BCUT2D eigenvalue weighted by Crippen LogP contribution is 2.27. The van der Waals surface area contributed by atoms with E-state index < -0.39 is 0 Å². The third-order valence-corrected chi connectivity index (χ3v) is 5.29. The number of carbonyl (C=O) groups is 1. The molecule has 1 aliphatic rings. The summed E-state index contributed by atoms with van der Waals surface area (Å²) in [6.45, 7) is 10.6. The van der Waals surface area contributed by atoms with Gasteiger partial charge in [0.1, 0.15) is 0 Å². The van der Waals surface area contributed by atoms with Gasteiger partial charge in [0.15, 0.2) is 0 Å². The molecule has 2 aromatic carbocycles. The van der Waals surface area contributed by atoms with E-state index in [0.29, 0.717) is 5.92 Å². The Morgan fingerprint density at radius 2 is 1.75 bits per heavy atom. The number of benzene rings is 2. The van der Waals surface area contributed by atoms with Gasteiger partial charge >= 0.3 is 6.03 Å². The van der Waals surface area contributed by atoms with Gasteiger partial charge in [-0.05, 0) is 29.5 Å². The Hall–Kier alpha value is -2.59. The van der Waals surface area contributed by atoms with Crippen molar-refractivity contribution in [2.45, 2.75) is 26.7 Å². The molecule has 1 saturated heterocycles. The summed E-state index contributed by atoms with van der Waals surface area (Å²) in [4.78, 5) is 17.1. The zero-order chi connectivity index (χ0) is 19.9. The molecule has 0 saturated carbocycles. The molecule has 148 valence electrons. The van der Waals surface area contributed by atoms with Crippen molar-refractivity contribution in [3.63, 3.8) is 0 Å². The first-order chi connectivity index (χ1) is 13.5. The first-order valence-corrected chi connectivity index (χ1v) is 10.1. The van der Waals surface area contributed by atoms with Gasteiger partial charge in [0, 0.05) is 38.4 Å². The van der Waals surface area contributed by atoms with Crippen molar-refractivity contribution in [2.75, 3.05) is 38.0 Å². The number of para-hydroxylation sites is 1. The van der Waals surface area contributed by atoms with Gasteiger partial charge in [-0.3, -0.25) is 4.90 Å². The average molecular weight is 378 g/mol. The number of carbonyl (C=O) groups excluding carboxylic acids is 1. The van der Waals surface area contributed by atoms with Crippen LogP contribution in [-0.4, -0.2) is 48.6 Å². The third-order valence-electron chi connectivity index (χ3n) is 5.29. The van der Waals surface area contributed by atoms with Gasteiger partial charge in [0.05, 0.1) is 0 Å². The first kappa shape index (κ1) is 20.2. The van der Waals surface area contributed by atoms with Crippen LogP contribution in [0.3, 0.4) is 0 Å². The molecule has 0 unspecified atom stereocenters. The van der Waals surface area contributed by atoms with E-state index in [-0.39, 0.29) is 6.03 Å². The number of nitrogens with zero attached hydrogens (tertiary/aromatic N) is 2. The Morgan fingerprint density at radius 1 is 1.04 bits per heavy atom. The molecule has 0 radical (unpaired) electrons. The lowest BCUT2D eigenvalue weighted by atomic mass is 9.98. The topological polar surface area (TPSA) is 35.6 Å². The number of nitrogens with one attached hydrogen (secondary N) is 1. The van der Waals surface area contributed by atoms with Crippen LogP contribution in [-0.2, 0) is 0 Å². The van der Waals surface area contributed by atoms with Gasteiger partial charge in [-0.15, -0.1) is 0 Å². The second kappa shape index (κ2) is 9.56. The smallest absolute Gasteiger partial charge is 0.321 e. The van der Waals surface area contributed by atoms with Gasteiger partial charge in [-0.2, -0.15) is 0 Å². The van der Waals surface area contributed by atoms with Crippen molar-refractivity contribution in [3.05, 3.63) is 71.3 Å². The van der Waals surface area contributed by atoms with E-state index in [1.165, 1.54) is 11.1 Å². The highest BCUT2D eigenvalue weighted by atomic mass is 16.2. The van der Waals surface area contributed by atoms with Gasteiger partial charge in [0.2, 0.25) is 0 Å². The van der Waals surface area contributed by atoms with E-state index in [9.17, 15) is 4.79 Å². The van der Waals surface area contributed by atoms with Crippen LogP contribution in [0.15, 0.2) is 54.6 Å². The van der Waals surface area contributed by atoms with Gasteiger partial charge in [-0.1, -0.05) is 74.5 Å². The number of rotatable bonds is 5. The van der Waals surface area contributed by atoms with Crippen LogP contribution in [0.4, 0.5) is 10.5 Å². The molecule has 28 heavy (non-hydrogen) atoms. The Kier molecular flexibility index (Phi) is 6.88. The fourth-order valence-electron chi connectivity index (χ4n) is 3.56. The highest BCUT2D eigenvalue weighted by Gasteiger charge is 2.22. The SMILES string of the molecule is Cc1cccc(C(C)C)c1NC(=O)N1CCN(CC=Cc2ccccc2)CC1. The summed E-state index contributed by atoms with van der Waals surface area (Å²) in [5.74, 6) is 0.378. The maximum absolute atomic E-state index is 12.8. The molecule has 3 rings (SSSR count). The monoisotopic (exact) mass is 377 g/mol. The summed E-state index contributed by atoms with van der Waals surface area (Å²) in [5.41, 5.74) is 4.50. The fraction of sp³-hybridized carbons (Fsp3) is 0.375. The van der Waals surface area contributed by atoms with E-state index in [0.717, 1.165) is 44.0 Å². The first-order valence-electron chi connectivity index (χ1n) is 10.1. The second-order valence-corrected chi connectivity index (χ2v) is 7.72. The van der Waals surface area contributed by atoms with Crippen molar-refractivity contribution < 1.29 is 4.79 Å². The molecule has 1 heterocycles. The van der Waals surface area contributed by atoms with Gasteiger partial charge < -0.3 is 10.2 Å². The Morgan fingerprint density at radius 3 is 2.43 bits per heavy atom. The molecule has 1 fully saturated rings. The number of urea groups is 1. The van der Waals surface area contributed by atoms with Crippen molar-refractivity contribution in [1.82, 2.24) is 9.80 Å². The number of piperazine rings is 1. The summed E-state index contributed by atoms with van der Waals surface area (Å²) < 4.78 is 0. The van der Waals surface area contributed by atoms with Crippen molar-refractivity contribution in [2.24, 2.45) is 0 Å². The van der Waals surface area contributed by atoms with Crippen LogP contribution in [0.5, 0.6) is 0 Å². The minimum Gasteiger partial charge on any atom is -0.322 e. The molecule has 4 heteroatoms. The number of hydrogen-bond acceptors (Lipinski definition) is 2. The number of amides is 2. The molecular formula is C24H31N3O. The minimum atomic E-state index is 0.00989. The van der Waals surface area contributed by atoms with Crippen LogP contribution in [0, 0.1) is 6.92 Å².